The van der Waals surface area contributed by atoms with Gasteiger partial charge in [0.2, 0.25) is 0 Å². The number of hydrogen-bond donors (Lipinski definition) is 2. The van der Waals surface area contributed by atoms with Crippen LogP contribution in [0, 0.1) is 12.3 Å². The number of aryl methyl sites for hydroxylation is 1. The smallest absolute Gasteiger partial charge is 0.161 e. The van der Waals surface area contributed by atoms with Gasteiger partial charge in [-0.2, -0.15) is 0 Å². The molecule has 4 heteroatoms. The van der Waals surface area contributed by atoms with Gasteiger partial charge in [0.25, 0.3) is 0 Å². The summed E-state index contributed by atoms with van der Waals surface area (Å²) in [6.45, 7) is 2.05. The Morgan fingerprint density at radius 3 is 2.71 bits per heavy atom. The second kappa shape index (κ2) is 4.50. The first-order valence-electron chi connectivity index (χ1n) is 4.24. The van der Waals surface area contributed by atoms with E-state index in [4.69, 9.17) is 20.6 Å². The van der Waals surface area contributed by atoms with Crippen LogP contribution in [0.5, 0.6) is 11.5 Å². The third-order valence-corrected chi connectivity index (χ3v) is 1.70. The van der Waals surface area contributed by atoms with Crippen LogP contribution >= 0.6 is 0 Å². The Hall–Kier alpha value is -1.71. The first kappa shape index (κ1) is 10.4. The van der Waals surface area contributed by atoms with Crippen LogP contribution in [0.25, 0.3) is 0 Å². The van der Waals surface area contributed by atoms with E-state index in [9.17, 15) is 0 Å². The molecular formula is C10H14N2O2. The fourth-order valence-corrected chi connectivity index (χ4v) is 1.05. The van der Waals surface area contributed by atoms with Gasteiger partial charge >= 0.3 is 0 Å². The summed E-state index contributed by atoms with van der Waals surface area (Å²) in [7, 11) is 1.58. The van der Waals surface area contributed by atoms with Crippen LogP contribution in [0.3, 0.4) is 0 Å². The van der Waals surface area contributed by atoms with E-state index in [2.05, 4.69) is 0 Å². The van der Waals surface area contributed by atoms with E-state index in [0.717, 1.165) is 5.56 Å². The van der Waals surface area contributed by atoms with Crippen molar-refractivity contribution in [3.63, 3.8) is 0 Å². The molecule has 3 N–H and O–H groups in total. The number of amidine groups is 1. The van der Waals surface area contributed by atoms with Crippen molar-refractivity contribution in [1.29, 1.82) is 5.41 Å². The molecular weight excluding hydrogens is 180 g/mol. The van der Waals surface area contributed by atoms with Crippen molar-refractivity contribution in [3.05, 3.63) is 23.8 Å². The van der Waals surface area contributed by atoms with Crippen molar-refractivity contribution < 1.29 is 9.47 Å². The highest BCUT2D eigenvalue weighted by Gasteiger charge is 2.04. The molecule has 0 fully saturated rings. The maximum absolute atomic E-state index is 7.03. The summed E-state index contributed by atoms with van der Waals surface area (Å²) in [6, 6.07) is 5.59. The molecule has 0 heterocycles. The van der Waals surface area contributed by atoms with E-state index in [1.165, 1.54) is 0 Å². The zero-order valence-electron chi connectivity index (χ0n) is 8.33. The van der Waals surface area contributed by atoms with Gasteiger partial charge in [0.1, 0.15) is 12.4 Å². The summed E-state index contributed by atoms with van der Waals surface area (Å²) in [5.41, 5.74) is 6.27. The Bertz CT molecular complexity index is 337. The summed E-state index contributed by atoms with van der Waals surface area (Å²) in [4.78, 5) is 0. The highest BCUT2D eigenvalue weighted by molar-refractivity contribution is 5.78. The molecule has 0 radical (unpaired) electrons. The lowest BCUT2D eigenvalue weighted by molar-refractivity contribution is 0.333. The van der Waals surface area contributed by atoms with Crippen molar-refractivity contribution >= 4 is 5.84 Å². The Balaban J connectivity index is 2.80. The third-order valence-electron chi connectivity index (χ3n) is 1.70. The van der Waals surface area contributed by atoms with Crippen molar-refractivity contribution in [2.24, 2.45) is 5.73 Å². The van der Waals surface area contributed by atoms with Crippen LogP contribution in [-0.2, 0) is 0 Å². The van der Waals surface area contributed by atoms with Gasteiger partial charge in [-0.05, 0) is 24.6 Å². The average molecular weight is 194 g/mol. The number of methoxy groups -OCH3 is 1. The zero-order chi connectivity index (χ0) is 10.6. The molecule has 0 unspecified atom stereocenters. The molecule has 0 saturated heterocycles. The number of benzene rings is 1. The van der Waals surface area contributed by atoms with Gasteiger partial charge in [-0.3, -0.25) is 5.41 Å². The van der Waals surface area contributed by atoms with Crippen LogP contribution in [-0.4, -0.2) is 19.6 Å². The fraction of sp³-hybridized carbons (Fsp3) is 0.300. The molecule has 1 rings (SSSR count). The van der Waals surface area contributed by atoms with Crippen LogP contribution in [0.15, 0.2) is 18.2 Å². The second-order valence-electron chi connectivity index (χ2n) is 2.97. The second-order valence-corrected chi connectivity index (χ2v) is 2.97. The fourth-order valence-electron chi connectivity index (χ4n) is 1.05. The van der Waals surface area contributed by atoms with E-state index in [-0.39, 0.29) is 12.4 Å². The van der Waals surface area contributed by atoms with Gasteiger partial charge in [0.05, 0.1) is 7.11 Å². The Morgan fingerprint density at radius 1 is 1.43 bits per heavy atom. The van der Waals surface area contributed by atoms with Gasteiger partial charge in [0.15, 0.2) is 11.5 Å². The highest BCUT2D eigenvalue weighted by Crippen LogP contribution is 2.27. The maximum Gasteiger partial charge on any atom is 0.161 e. The van der Waals surface area contributed by atoms with Crippen molar-refractivity contribution in [3.8, 4) is 11.5 Å². The number of hydrogen-bond acceptors (Lipinski definition) is 3. The number of rotatable bonds is 4. The molecule has 0 saturated carbocycles. The molecule has 4 nitrogen and oxygen atoms in total. The number of nitrogens with two attached hydrogens (primary N) is 1. The molecule has 14 heavy (non-hydrogen) atoms. The minimum Gasteiger partial charge on any atom is -0.493 e. The average Bonchev–Trinajstić information content (AvgIpc) is 2.15. The van der Waals surface area contributed by atoms with Crippen LogP contribution in [0.1, 0.15) is 5.56 Å². The monoisotopic (exact) mass is 194 g/mol. The molecule has 0 aliphatic rings. The minimum atomic E-state index is -0.00683. The maximum atomic E-state index is 7.03. The van der Waals surface area contributed by atoms with Crippen molar-refractivity contribution in [2.45, 2.75) is 6.92 Å². The van der Waals surface area contributed by atoms with Crippen molar-refractivity contribution in [1.82, 2.24) is 0 Å². The highest BCUT2D eigenvalue weighted by atomic mass is 16.5. The quantitative estimate of drug-likeness (QED) is 0.561. The van der Waals surface area contributed by atoms with Gasteiger partial charge in [-0.25, -0.2) is 0 Å². The van der Waals surface area contributed by atoms with E-state index >= 15 is 0 Å². The molecule has 0 aliphatic carbocycles. The number of nitrogens with one attached hydrogen (secondary N) is 1. The predicted molar refractivity (Wildman–Crippen MR) is 55.1 cm³/mol. The van der Waals surface area contributed by atoms with Crippen LogP contribution in [0.4, 0.5) is 0 Å². The van der Waals surface area contributed by atoms with Crippen LogP contribution in [0.2, 0.25) is 0 Å². The first-order chi connectivity index (χ1) is 6.63. The third kappa shape index (κ3) is 2.65. The summed E-state index contributed by atoms with van der Waals surface area (Å²) in [5.74, 6) is 1.26. The molecule has 0 aromatic heterocycles. The first-order valence-corrected chi connectivity index (χ1v) is 4.24. The van der Waals surface area contributed by atoms with E-state index < -0.39 is 0 Å². The SMILES string of the molecule is COc1cc(C)ccc1OCC(=N)N. The van der Waals surface area contributed by atoms with E-state index in [1.54, 1.807) is 13.2 Å². The Morgan fingerprint density at radius 2 is 2.14 bits per heavy atom. The van der Waals surface area contributed by atoms with E-state index in [1.807, 2.05) is 19.1 Å². The van der Waals surface area contributed by atoms with Gasteiger partial charge in [-0.1, -0.05) is 6.07 Å². The topological polar surface area (TPSA) is 68.3 Å². The van der Waals surface area contributed by atoms with Crippen molar-refractivity contribution in [2.75, 3.05) is 13.7 Å². The summed E-state index contributed by atoms with van der Waals surface area (Å²) in [6.07, 6.45) is 0. The molecule has 76 valence electrons. The Kier molecular flexibility index (Phi) is 3.34. The van der Waals surface area contributed by atoms with E-state index in [0.29, 0.717) is 11.5 Å². The summed E-state index contributed by atoms with van der Waals surface area (Å²) in [5, 5.41) is 7.03. The molecule has 0 spiro atoms. The lowest BCUT2D eigenvalue weighted by Crippen LogP contribution is -2.19. The van der Waals surface area contributed by atoms with Crippen LogP contribution < -0.4 is 15.2 Å². The normalized spacial score (nSPS) is 9.57. The van der Waals surface area contributed by atoms with Gasteiger partial charge in [-0.15, -0.1) is 0 Å². The molecule has 1 aromatic carbocycles. The molecule has 0 bridgehead atoms. The largest absolute Gasteiger partial charge is 0.493 e. The minimum absolute atomic E-state index is 0.00683. The standard InChI is InChI=1S/C10H14N2O2/c1-7-3-4-8(9(5-7)13-2)14-6-10(11)12/h3-5H,6H2,1-2H3,(H3,11,12). The summed E-state index contributed by atoms with van der Waals surface area (Å²) >= 11 is 0. The predicted octanol–water partition coefficient (Wildman–Crippen LogP) is 1.32. The lowest BCUT2D eigenvalue weighted by Gasteiger charge is -2.10. The summed E-state index contributed by atoms with van der Waals surface area (Å²) < 4.78 is 10.4. The molecule has 0 amide bonds. The molecule has 0 atom stereocenters. The molecule has 0 aliphatic heterocycles. The number of ether oxygens (including phenoxy) is 2. The molecule has 1 aromatic rings. The lowest BCUT2D eigenvalue weighted by atomic mass is 10.2. The zero-order valence-corrected chi connectivity index (χ0v) is 8.33. The van der Waals surface area contributed by atoms with Gasteiger partial charge in [0, 0.05) is 0 Å². The Labute approximate surface area is 83.1 Å². The van der Waals surface area contributed by atoms with Gasteiger partial charge < -0.3 is 15.2 Å².